The number of aromatic nitrogens is 3. The average Bonchev–Trinajstić information content (AvgIpc) is 2.92. The van der Waals surface area contributed by atoms with Crippen molar-refractivity contribution < 1.29 is 23.4 Å². The van der Waals surface area contributed by atoms with Crippen molar-refractivity contribution in [3.63, 3.8) is 0 Å². The number of carboxylic acids is 1. The molecule has 0 amide bonds. The van der Waals surface area contributed by atoms with E-state index in [1.54, 1.807) is 6.20 Å². The number of rotatable bonds is 3. The largest absolute Gasteiger partial charge is 0.477 e. The van der Waals surface area contributed by atoms with Crippen LogP contribution in [-0.2, 0) is 4.74 Å². The highest BCUT2D eigenvalue weighted by Crippen LogP contribution is 2.31. The van der Waals surface area contributed by atoms with Gasteiger partial charge in [-0.15, -0.1) is 0 Å². The molecule has 0 saturated carbocycles. The smallest absolute Gasteiger partial charge is 0.354 e. The number of carbonyl (C=O) groups is 1. The molecule has 1 aliphatic heterocycles. The zero-order chi connectivity index (χ0) is 15.9. The lowest BCUT2D eigenvalue weighted by Gasteiger charge is -2.37. The summed E-state index contributed by atoms with van der Waals surface area (Å²) in [7, 11) is 1.37. The Morgan fingerprint density at radius 2 is 2.32 bits per heavy atom. The van der Waals surface area contributed by atoms with Crippen molar-refractivity contribution in [1.82, 2.24) is 14.4 Å². The molecule has 0 spiro atoms. The number of anilines is 1. The molecule has 22 heavy (non-hydrogen) atoms. The van der Waals surface area contributed by atoms with Gasteiger partial charge in [0.1, 0.15) is 5.65 Å². The van der Waals surface area contributed by atoms with Gasteiger partial charge in [-0.25, -0.2) is 23.5 Å². The summed E-state index contributed by atoms with van der Waals surface area (Å²) in [5.41, 5.74) is 0.0989. The third kappa shape index (κ3) is 2.59. The van der Waals surface area contributed by atoms with E-state index >= 15 is 0 Å². The van der Waals surface area contributed by atoms with Crippen LogP contribution in [0.15, 0.2) is 18.5 Å². The van der Waals surface area contributed by atoms with Gasteiger partial charge in [-0.2, -0.15) is 0 Å². The zero-order valence-electron chi connectivity index (χ0n) is 11.7. The van der Waals surface area contributed by atoms with Crippen LogP contribution in [-0.4, -0.2) is 57.7 Å². The second-order valence-corrected chi connectivity index (χ2v) is 5.20. The highest BCUT2D eigenvalue weighted by Gasteiger charge is 2.41. The van der Waals surface area contributed by atoms with Crippen LogP contribution < -0.4 is 4.90 Å². The number of fused-ring (bicyclic) bond motifs is 1. The van der Waals surface area contributed by atoms with E-state index in [9.17, 15) is 13.6 Å². The minimum atomic E-state index is -2.94. The van der Waals surface area contributed by atoms with Gasteiger partial charge < -0.3 is 14.7 Å². The van der Waals surface area contributed by atoms with Crippen molar-refractivity contribution >= 4 is 17.6 Å². The number of aromatic carboxylic acids is 1. The van der Waals surface area contributed by atoms with Crippen LogP contribution in [0.4, 0.5) is 14.7 Å². The molecule has 0 unspecified atom stereocenters. The van der Waals surface area contributed by atoms with Crippen LogP contribution in [0.2, 0.25) is 0 Å². The summed E-state index contributed by atoms with van der Waals surface area (Å²) >= 11 is 0. The molecule has 3 rings (SSSR count). The van der Waals surface area contributed by atoms with Gasteiger partial charge in [-0.05, 0) is 0 Å². The highest BCUT2D eigenvalue weighted by atomic mass is 19.3. The van der Waals surface area contributed by atoms with Crippen molar-refractivity contribution in [2.75, 3.05) is 25.1 Å². The van der Waals surface area contributed by atoms with Crippen molar-refractivity contribution in [3.05, 3.63) is 24.2 Å². The summed E-state index contributed by atoms with van der Waals surface area (Å²) in [4.78, 5) is 20.5. The quantitative estimate of drug-likeness (QED) is 0.920. The number of imidazole rings is 1. The first kappa shape index (κ1) is 14.6. The second kappa shape index (κ2) is 5.16. The number of halogens is 2. The fraction of sp³-hybridized carbons (Fsp3) is 0.462. The molecule has 3 heterocycles. The summed E-state index contributed by atoms with van der Waals surface area (Å²) in [5.74, 6) is -4.06. The first-order chi connectivity index (χ1) is 10.4. The third-order valence-electron chi connectivity index (χ3n) is 3.58. The number of nitrogens with zero attached hydrogens (tertiary/aromatic N) is 4. The van der Waals surface area contributed by atoms with Gasteiger partial charge in [0, 0.05) is 38.5 Å². The summed E-state index contributed by atoms with van der Waals surface area (Å²) in [6.45, 7) is -0.342. The van der Waals surface area contributed by atoms with E-state index in [0.717, 1.165) is 0 Å². The molecule has 2 aromatic rings. The van der Waals surface area contributed by atoms with Gasteiger partial charge >= 0.3 is 5.97 Å². The average molecular weight is 312 g/mol. The van der Waals surface area contributed by atoms with Crippen molar-refractivity contribution in [2.45, 2.75) is 18.4 Å². The Hall–Kier alpha value is -2.29. The molecule has 7 nitrogen and oxygen atoms in total. The minimum Gasteiger partial charge on any atom is -0.477 e. The number of hydrogen-bond donors (Lipinski definition) is 1. The summed E-state index contributed by atoms with van der Waals surface area (Å²) in [6, 6.07) is 1.29. The predicted molar refractivity (Wildman–Crippen MR) is 72.5 cm³/mol. The first-order valence-corrected chi connectivity index (χ1v) is 6.62. The summed E-state index contributed by atoms with van der Waals surface area (Å²) in [5, 5.41) is 9.11. The Bertz CT molecular complexity index is 718. The maximum Gasteiger partial charge on any atom is 0.354 e. The second-order valence-electron chi connectivity index (χ2n) is 5.20. The monoisotopic (exact) mass is 312 g/mol. The molecule has 9 heteroatoms. The van der Waals surface area contributed by atoms with E-state index in [1.807, 2.05) is 0 Å². The normalized spacial score (nSPS) is 21.2. The molecule has 0 bridgehead atoms. The van der Waals surface area contributed by atoms with E-state index < -0.39 is 24.5 Å². The fourth-order valence-corrected chi connectivity index (χ4v) is 2.60. The topological polar surface area (TPSA) is 80.0 Å². The van der Waals surface area contributed by atoms with Crippen LogP contribution >= 0.6 is 0 Å². The van der Waals surface area contributed by atoms with Crippen LogP contribution in [0.25, 0.3) is 5.65 Å². The van der Waals surface area contributed by atoms with Gasteiger partial charge in [0.25, 0.3) is 5.92 Å². The Kier molecular flexibility index (Phi) is 3.44. The van der Waals surface area contributed by atoms with Gasteiger partial charge in [0.15, 0.2) is 5.69 Å². The van der Waals surface area contributed by atoms with E-state index in [0.29, 0.717) is 5.65 Å². The lowest BCUT2D eigenvalue weighted by atomic mass is 10.1. The maximum absolute atomic E-state index is 13.9. The van der Waals surface area contributed by atoms with Crippen LogP contribution in [0.1, 0.15) is 16.9 Å². The Morgan fingerprint density at radius 3 is 3.00 bits per heavy atom. The SMILES string of the molecule is CO[C@H]1CN(c2nc(C(=O)O)cc3nccn23)CC(F)(F)C1. The molecule has 0 aliphatic carbocycles. The summed E-state index contributed by atoms with van der Waals surface area (Å²) in [6.07, 6.45) is 1.99. The molecule has 1 N–H and O–H groups in total. The van der Waals surface area contributed by atoms with E-state index in [1.165, 1.54) is 28.7 Å². The van der Waals surface area contributed by atoms with E-state index in [2.05, 4.69) is 9.97 Å². The molecule has 0 aromatic carbocycles. The first-order valence-electron chi connectivity index (χ1n) is 6.62. The molecule has 1 saturated heterocycles. The molecule has 118 valence electrons. The highest BCUT2D eigenvalue weighted by molar-refractivity contribution is 5.87. The molecular weight excluding hydrogens is 298 g/mol. The third-order valence-corrected chi connectivity index (χ3v) is 3.58. The van der Waals surface area contributed by atoms with Crippen LogP contribution in [0.5, 0.6) is 0 Å². The molecule has 1 fully saturated rings. The molecular formula is C13H14F2N4O3. The maximum atomic E-state index is 13.9. The van der Waals surface area contributed by atoms with E-state index in [4.69, 9.17) is 9.84 Å². The standard InChI is InChI=1S/C13H14F2N4O3/c1-22-8-5-13(14,15)7-18(6-8)12-17-9(11(20)21)4-10-16-2-3-19(10)12/h2-4,8H,5-7H2,1H3,(H,20,21)/t8-/m1/s1. The lowest BCUT2D eigenvalue weighted by molar-refractivity contribution is -0.0647. The molecule has 1 aliphatic rings. The minimum absolute atomic E-state index is 0.119. The lowest BCUT2D eigenvalue weighted by Crippen LogP contribution is -2.51. The Balaban J connectivity index is 2.08. The molecule has 2 aromatic heterocycles. The van der Waals surface area contributed by atoms with Gasteiger partial charge in [-0.1, -0.05) is 0 Å². The van der Waals surface area contributed by atoms with Crippen molar-refractivity contribution in [2.24, 2.45) is 0 Å². The number of alkyl halides is 2. The van der Waals surface area contributed by atoms with E-state index in [-0.39, 0.29) is 24.6 Å². The van der Waals surface area contributed by atoms with Gasteiger partial charge in [-0.3, -0.25) is 4.40 Å². The molecule has 0 radical (unpaired) electrons. The zero-order valence-corrected chi connectivity index (χ0v) is 11.7. The van der Waals surface area contributed by atoms with Crippen LogP contribution in [0, 0.1) is 0 Å². The number of carboxylic acid groups (broad SMARTS) is 1. The molecule has 1 atom stereocenters. The number of ether oxygens (including phenoxy) is 1. The number of hydrogen-bond acceptors (Lipinski definition) is 5. The predicted octanol–water partition coefficient (Wildman–Crippen LogP) is 1.29. The Morgan fingerprint density at radius 1 is 1.55 bits per heavy atom. The summed E-state index contributed by atoms with van der Waals surface area (Å²) < 4.78 is 34.3. The Labute approximate surface area is 124 Å². The van der Waals surface area contributed by atoms with Gasteiger partial charge in [0.05, 0.1) is 12.6 Å². The number of methoxy groups -OCH3 is 1. The van der Waals surface area contributed by atoms with Crippen molar-refractivity contribution in [1.29, 1.82) is 0 Å². The van der Waals surface area contributed by atoms with Crippen LogP contribution in [0.3, 0.4) is 0 Å². The van der Waals surface area contributed by atoms with Crippen molar-refractivity contribution in [3.8, 4) is 0 Å². The number of piperidine rings is 1. The van der Waals surface area contributed by atoms with Gasteiger partial charge in [0.2, 0.25) is 5.95 Å². The fourth-order valence-electron chi connectivity index (χ4n) is 2.60.